The second-order valence-electron chi connectivity index (χ2n) is 6.85. The molecule has 3 aromatic rings. The van der Waals surface area contributed by atoms with Gasteiger partial charge in [0.05, 0.1) is 11.8 Å². The number of H-pyrrole nitrogens is 1. The molecule has 1 atom stereocenters. The Morgan fingerprint density at radius 2 is 2.04 bits per heavy atom. The molecule has 0 radical (unpaired) electrons. The van der Waals surface area contributed by atoms with Gasteiger partial charge in [-0.2, -0.15) is 0 Å². The number of hydrogen-bond acceptors (Lipinski definition) is 4. The summed E-state index contributed by atoms with van der Waals surface area (Å²) in [5, 5.41) is 7.78. The second kappa shape index (κ2) is 8.49. The largest absolute Gasteiger partial charge is 0.338 e. The number of thioether (sulfide) groups is 1. The van der Waals surface area contributed by atoms with Crippen LogP contribution in [0.15, 0.2) is 58.2 Å². The Labute approximate surface area is 177 Å². The van der Waals surface area contributed by atoms with Gasteiger partial charge >= 0.3 is 0 Å². The maximum atomic E-state index is 12.8. The van der Waals surface area contributed by atoms with Gasteiger partial charge in [-0.1, -0.05) is 70.2 Å². The zero-order chi connectivity index (χ0) is 19.5. The number of aromatic nitrogens is 3. The number of aromatic amines is 1. The van der Waals surface area contributed by atoms with Crippen molar-refractivity contribution in [2.75, 3.05) is 12.8 Å². The molecule has 4 rings (SSSR count). The molecule has 0 fully saturated rings. The van der Waals surface area contributed by atoms with Crippen LogP contribution in [0.2, 0.25) is 0 Å². The molecule has 5 nitrogen and oxygen atoms in total. The van der Waals surface area contributed by atoms with Crippen molar-refractivity contribution in [3.63, 3.8) is 0 Å². The SMILES string of the molecule is CN(C(=O)CSc1n[nH]c(-c2ccccc2Br)n1)C1CCCc2ccccc21. The van der Waals surface area contributed by atoms with Gasteiger partial charge < -0.3 is 4.90 Å². The summed E-state index contributed by atoms with van der Waals surface area (Å²) in [7, 11) is 1.90. The molecule has 0 saturated carbocycles. The minimum Gasteiger partial charge on any atom is -0.338 e. The van der Waals surface area contributed by atoms with Crippen LogP contribution in [0, 0.1) is 0 Å². The Kier molecular flexibility index (Phi) is 5.82. The third-order valence-electron chi connectivity index (χ3n) is 5.12. The second-order valence-corrected chi connectivity index (χ2v) is 8.64. The monoisotopic (exact) mass is 456 g/mol. The third-order valence-corrected chi connectivity index (χ3v) is 6.64. The van der Waals surface area contributed by atoms with Crippen LogP contribution in [0.3, 0.4) is 0 Å². The van der Waals surface area contributed by atoms with E-state index in [2.05, 4.69) is 55.4 Å². The zero-order valence-corrected chi connectivity index (χ0v) is 18.0. The average molecular weight is 457 g/mol. The molecule has 2 aromatic carbocycles. The molecule has 1 aromatic heterocycles. The standard InChI is InChI=1S/C21H21BrN4OS/c1-26(18-12-6-8-14-7-2-3-9-15(14)18)19(27)13-28-21-23-20(24-25-21)16-10-4-5-11-17(16)22/h2-5,7,9-11,18H,6,8,12-13H2,1H3,(H,23,24,25). The lowest BCUT2D eigenvalue weighted by molar-refractivity contribution is -0.129. The Morgan fingerprint density at radius 1 is 1.25 bits per heavy atom. The van der Waals surface area contributed by atoms with E-state index in [1.807, 2.05) is 36.2 Å². The summed E-state index contributed by atoms with van der Waals surface area (Å²) in [5.41, 5.74) is 3.59. The van der Waals surface area contributed by atoms with Gasteiger partial charge in [-0.25, -0.2) is 4.98 Å². The Bertz CT molecular complexity index is 990. The fourth-order valence-corrected chi connectivity index (χ4v) is 4.81. The van der Waals surface area contributed by atoms with E-state index in [0.717, 1.165) is 29.3 Å². The van der Waals surface area contributed by atoms with Crippen LogP contribution >= 0.6 is 27.7 Å². The first kappa shape index (κ1) is 19.2. The molecular weight excluding hydrogens is 436 g/mol. The number of carbonyl (C=O) groups excluding carboxylic acids is 1. The predicted molar refractivity (Wildman–Crippen MR) is 115 cm³/mol. The summed E-state index contributed by atoms with van der Waals surface area (Å²) >= 11 is 4.89. The van der Waals surface area contributed by atoms with Crippen molar-refractivity contribution in [3.8, 4) is 11.4 Å². The molecule has 1 aliphatic carbocycles. The van der Waals surface area contributed by atoms with E-state index >= 15 is 0 Å². The van der Waals surface area contributed by atoms with Crippen LogP contribution in [-0.4, -0.2) is 38.8 Å². The van der Waals surface area contributed by atoms with Crippen molar-refractivity contribution in [1.82, 2.24) is 20.1 Å². The first-order valence-corrected chi connectivity index (χ1v) is 11.0. The summed E-state index contributed by atoms with van der Waals surface area (Å²) in [5.74, 6) is 1.11. The minimum atomic E-state index is 0.0962. The van der Waals surface area contributed by atoms with E-state index in [0.29, 0.717) is 16.7 Å². The number of amides is 1. The van der Waals surface area contributed by atoms with E-state index in [9.17, 15) is 4.79 Å². The van der Waals surface area contributed by atoms with Gasteiger partial charge in [0.15, 0.2) is 5.82 Å². The van der Waals surface area contributed by atoms with Gasteiger partial charge in [0.25, 0.3) is 0 Å². The maximum Gasteiger partial charge on any atom is 0.233 e. The summed E-state index contributed by atoms with van der Waals surface area (Å²) in [4.78, 5) is 19.2. The molecule has 0 aliphatic heterocycles. The van der Waals surface area contributed by atoms with E-state index in [-0.39, 0.29) is 11.9 Å². The highest BCUT2D eigenvalue weighted by molar-refractivity contribution is 9.10. The third kappa shape index (κ3) is 4.00. The first-order chi connectivity index (χ1) is 13.6. The lowest BCUT2D eigenvalue weighted by atomic mass is 9.87. The van der Waals surface area contributed by atoms with E-state index in [1.165, 1.54) is 22.9 Å². The number of benzene rings is 2. The number of hydrogen-bond donors (Lipinski definition) is 1. The van der Waals surface area contributed by atoms with Gasteiger partial charge in [-0.05, 0) is 36.5 Å². The van der Waals surface area contributed by atoms with Crippen molar-refractivity contribution in [1.29, 1.82) is 0 Å². The molecule has 1 unspecified atom stereocenters. The van der Waals surface area contributed by atoms with E-state index in [1.54, 1.807) is 0 Å². The fraction of sp³-hybridized carbons (Fsp3) is 0.286. The highest BCUT2D eigenvalue weighted by Crippen LogP contribution is 2.34. The molecular formula is C21H21BrN4OS. The van der Waals surface area contributed by atoms with Gasteiger partial charge in [-0.3, -0.25) is 9.89 Å². The number of fused-ring (bicyclic) bond motifs is 1. The van der Waals surface area contributed by atoms with Gasteiger partial charge in [0.2, 0.25) is 11.1 Å². The van der Waals surface area contributed by atoms with Crippen LogP contribution in [-0.2, 0) is 11.2 Å². The first-order valence-electron chi connectivity index (χ1n) is 9.27. The van der Waals surface area contributed by atoms with Crippen LogP contribution in [0.5, 0.6) is 0 Å². The molecule has 1 N–H and O–H groups in total. The summed E-state index contributed by atoms with van der Waals surface area (Å²) < 4.78 is 0.953. The topological polar surface area (TPSA) is 61.9 Å². The highest BCUT2D eigenvalue weighted by atomic mass is 79.9. The number of halogens is 1. The molecule has 1 heterocycles. The zero-order valence-electron chi connectivity index (χ0n) is 15.6. The highest BCUT2D eigenvalue weighted by Gasteiger charge is 2.26. The lowest BCUT2D eigenvalue weighted by Crippen LogP contribution is -2.34. The van der Waals surface area contributed by atoms with Crippen molar-refractivity contribution in [3.05, 3.63) is 64.1 Å². The summed E-state index contributed by atoms with van der Waals surface area (Å²) in [6.45, 7) is 0. The van der Waals surface area contributed by atoms with Crippen LogP contribution in [0.4, 0.5) is 0 Å². The average Bonchev–Trinajstić information content (AvgIpc) is 3.20. The van der Waals surface area contributed by atoms with Crippen LogP contribution in [0.1, 0.15) is 30.0 Å². The van der Waals surface area contributed by atoms with E-state index < -0.39 is 0 Å². The minimum absolute atomic E-state index is 0.0962. The number of nitrogens with zero attached hydrogens (tertiary/aromatic N) is 3. The fourth-order valence-electron chi connectivity index (χ4n) is 3.62. The number of nitrogens with one attached hydrogen (secondary N) is 1. The van der Waals surface area contributed by atoms with Crippen molar-refractivity contribution in [2.45, 2.75) is 30.5 Å². The summed E-state index contributed by atoms with van der Waals surface area (Å²) in [6.07, 6.45) is 3.22. The number of carbonyl (C=O) groups is 1. The number of aryl methyl sites for hydroxylation is 1. The van der Waals surface area contributed by atoms with Gasteiger partial charge in [-0.15, -0.1) is 5.10 Å². The normalized spacial score (nSPS) is 15.9. The lowest BCUT2D eigenvalue weighted by Gasteiger charge is -2.33. The van der Waals surface area contributed by atoms with Crippen LogP contribution < -0.4 is 0 Å². The molecule has 144 valence electrons. The Hall–Kier alpha value is -2.12. The Balaban J connectivity index is 1.41. The van der Waals surface area contributed by atoms with Crippen molar-refractivity contribution >= 4 is 33.6 Å². The maximum absolute atomic E-state index is 12.8. The molecule has 0 saturated heterocycles. The van der Waals surface area contributed by atoms with E-state index in [4.69, 9.17) is 0 Å². The molecule has 1 aliphatic rings. The van der Waals surface area contributed by atoms with Gasteiger partial charge in [0, 0.05) is 17.1 Å². The smallest absolute Gasteiger partial charge is 0.233 e. The van der Waals surface area contributed by atoms with Crippen molar-refractivity contribution in [2.24, 2.45) is 0 Å². The van der Waals surface area contributed by atoms with Crippen molar-refractivity contribution < 1.29 is 4.79 Å². The van der Waals surface area contributed by atoms with Gasteiger partial charge in [0.1, 0.15) is 0 Å². The molecule has 28 heavy (non-hydrogen) atoms. The molecule has 0 bridgehead atoms. The molecule has 1 amide bonds. The summed E-state index contributed by atoms with van der Waals surface area (Å²) in [6, 6.07) is 16.4. The van der Waals surface area contributed by atoms with Crippen LogP contribution in [0.25, 0.3) is 11.4 Å². The predicted octanol–water partition coefficient (Wildman–Crippen LogP) is 4.86. The number of rotatable bonds is 5. The molecule has 0 spiro atoms. The quantitative estimate of drug-likeness (QED) is 0.556. The molecule has 7 heteroatoms. The Morgan fingerprint density at radius 3 is 2.89 bits per heavy atom.